The van der Waals surface area contributed by atoms with Crippen molar-refractivity contribution < 1.29 is 9.53 Å². The fourth-order valence-corrected chi connectivity index (χ4v) is 4.28. The first-order chi connectivity index (χ1) is 8.70. The molecule has 1 spiro atoms. The van der Waals surface area contributed by atoms with Gasteiger partial charge in [0, 0.05) is 20.2 Å². The summed E-state index contributed by atoms with van der Waals surface area (Å²) in [6.07, 6.45) is 9.90. The van der Waals surface area contributed by atoms with Crippen molar-refractivity contribution in [1.82, 2.24) is 4.90 Å². The molecule has 1 amide bonds. The Morgan fingerprint density at radius 3 is 2.39 bits per heavy atom. The van der Waals surface area contributed by atoms with Crippen molar-refractivity contribution in [2.45, 2.75) is 51.4 Å². The lowest BCUT2D eigenvalue weighted by atomic mass is 9.68. The number of nitrogens with zero attached hydrogens (tertiary/aromatic N) is 1. The summed E-state index contributed by atoms with van der Waals surface area (Å²) >= 11 is 0. The number of hydrogen-bond donors (Lipinski definition) is 0. The number of amides is 1. The van der Waals surface area contributed by atoms with Gasteiger partial charge in [-0.25, -0.2) is 0 Å². The summed E-state index contributed by atoms with van der Waals surface area (Å²) in [5.74, 6) is 0.388. The SMILES string of the molecule is COCC1(C(=O)N2CCC3(CCCC3)C2)CCC1. The first kappa shape index (κ1) is 12.5. The minimum Gasteiger partial charge on any atom is -0.384 e. The predicted octanol–water partition coefficient (Wildman–Crippen LogP) is 2.60. The Balaban J connectivity index is 1.66. The summed E-state index contributed by atoms with van der Waals surface area (Å²) in [5, 5.41) is 0. The van der Waals surface area contributed by atoms with E-state index in [-0.39, 0.29) is 5.41 Å². The minimum absolute atomic E-state index is 0.154. The van der Waals surface area contributed by atoms with Gasteiger partial charge in [0.25, 0.3) is 0 Å². The molecule has 3 heteroatoms. The third-order valence-corrected chi connectivity index (χ3v) is 5.57. The molecular formula is C15H25NO2. The first-order valence-corrected chi connectivity index (χ1v) is 7.48. The van der Waals surface area contributed by atoms with E-state index >= 15 is 0 Å². The van der Waals surface area contributed by atoms with E-state index in [2.05, 4.69) is 4.90 Å². The molecule has 3 fully saturated rings. The molecule has 0 aromatic rings. The summed E-state index contributed by atoms with van der Waals surface area (Å²) in [4.78, 5) is 14.9. The van der Waals surface area contributed by atoms with Crippen LogP contribution in [0.5, 0.6) is 0 Å². The highest BCUT2D eigenvalue weighted by molar-refractivity contribution is 5.84. The van der Waals surface area contributed by atoms with Crippen LogP contribution in [-0.2, 0) is 9.53 Å². The molecule has 1 aliphatic heterocycles. The highest BCUT2D eigenvalue weighted by Crippen LogP contribution is 2.48. The Bertz CT molecular complexity index is 329. The van der Waals surface area contributed by atoms with Crippen molar-refractivity contribution in [2.24, 2.45) is 10.8 Å². The van der Waals surface area contributed by atoms with Crippen molar-refractivity contribution in [3.8, 4) is 0 Å². The van der Waals surface area contributed by atoms with Crippen LogP contribution in [0.4, 0.5) is 0 Å². The van der Waals surface area contributed by atoms with E-state index < -0.39 is 0 Å². The molecule has 1 saturated heterocycles. The number of methoxy groups -OCH3 is 1. The molecule has 0 atom stereocenters. The van der Waals surface area contributed by atoms with Crippen molar-refractivity contribution >= 4 is 5.91 Å². The normalized spacial score (nSPS) is 28.6. The third kappa shape index (κ3) is 1.87. The number of carbonyl (C=O) groups is 1. The van der Waals surface area contributed by atoms with Gasteiger partial charge in [-0.05, 0) is 37.5 Å². The number of ether oxygens (including phenoxy) is 1. The molecule has 0 aromatic carbocycles. The summed E-state index contributed by atoms with van der Waals surface area (Å²) in [6.45, 7) is 2.64. The van der Waals surface area contributed by atoms with E-state index in [9.17, 15) is 4.79 Å². The van der Waals surface area contributed by atoms with Crippen molar-refractivity contribution in [3.63, 3.8) is 0 Å². The van der Waals surface area contributed by atoms with E-state index in [1.54, 1.807) is 7.11 Å². The van der Waals surface area contributed by atoms with Crippen LogP contribution in [-0.4, -0.2) is 37.6 Å². The zero-order chi connectivity index (χ0) is 12.6. The number of hydrogen-bond acceptors (Lipinski definition) is 2. The highest BCUT2D eigenvalue weighted by Gasteiger charge is 2.50. The maximum atomic E-state index is 12.7. The average Bonchev–Trinajstić information content (AvgIpc) is 2.94. The van der Waals surface area contributed by atoms with Gasteiger partial charge in [0.2, 0.25) is 5.91 Å². The Morgan fingerprint density at radius 1 is 1.11 bits per heavy atom. The van der Waals surface area contributed by atoms with E-state index in [0.717, 1.165) is 25.9 Å². The maximum Gasteiger partial charge on any atom is 0.231 e. The average molecular weight is 251 g/mol. The second-order valence-electron chi connectivity index (χ2n) is 6.75. The van der Waals surface area contributed by atoms with Crippen LogP contribution in [0.2, 0.25) is 0 Å². The van der Waals surface area contributed by atoms with Crippen LogP contribution in [0.25, 0.3) is 0 Å². The van der Waals surface area contributed by atoms with Crippen LogP contribution in [0.15, 0.2) is 0 Å². The second-order valence-corrected chi connectivity index (χ2v) is 6.75. The van der Waals surface area contributed by atoms with E-state index in [0.29, 0.717) is 17.9 Å². The largest absolute Gasteiger partial charge is 0.384 e. The first-order valence-electron chi connectivity index (χ1n) is 7.48. The fourth-order valence-electron chi connectivity index (χ4n) is 4.28. The third-order valence-electron chi connectivity index (χ3n) is 5.57. The monoisotopic (exact) mass is 251 g/mol. The topological polar surface area (TPSA) is 29.5 Å². The molecule has 0 N–H and O–H groups in total. The van der Waals surface area contributed by atoms with Gasteiger partial charge in [0.15, 0.2) is 0 Å². The van der Waals surface area contributed by atoms with Gasteiger partial charge < -0.3 is 9.64 Å². The molecule has 2 saturated carbocycles. The van der Waals surface area contributed by atoms with Crippen LogP contribution in [0.3, 0.4) is 0 Å². The molecule has 3 nitrogen and oxygen atoms in total. The molecule has 3 aliphatic rings. The standard InChI is InChI=1S/C15H25NO2/c1-18-12-15(7-4-8-15)13(17)16-10-9-14(11-16)5-2-3-6-14/h2-12H2,1H3. The Labute approximate surface area is 110 Å². The van der Waals surface area contributed by atoms with Gasteiger partial charge in [-0.15, -0.1) is 0 Å². The van der Waals surface area contributed by atoms with Crippen molar-refractivity contribution in [2.75, 3.05) is 26.8 Å². The molecular weight excluding hydrogens is 226 g/mol. The fraction of sp³-hybridized carbons (Fsp3) is 0.933. The molecule has 18 heavy (non-hydrogen) atoms. The lowest BCUT2D eigenvalue weighted by Gasteiger charge is -2.42. The van der Waals surface area contributed by atoms with Crippen LogP contribution < -0.4 is 0 Å². The van der Waals surface area contributed by atoms with E-state index in [4.69, 9.17) is 4.74 Å². The quantitative estimate of drug-likeness (QED) is 0.771. The zero-order valence-electron chi connectivity index (χ0n) is 11.5. The van der Waals surface area contributed by atoms with E-state index in [1.165, 1.54) is 38.5 Å². The number of likely N-dealkylation sites (tertiary alicyclic amines) is 1. The number of carbonyl (C=O) groups excluding carboxylic acids is 1. The van der Waals surface area contributed by atoms with Crippen LogP contribution in [0.1, 0.15) is 51.4 Å². The lowest BCUT2D eigenvalue weighted by molar-refractivity contribution is -0.151. The van der Waals surface area contributed by atoms with Gasteiger partial charge in [-0.3, -0.25) is 4.79 Å². The summed E-state index contributed by atoms with van der Waals surface area (Å²) in [5.41, 5.74) is 0.340. The highest BCUT2D eigenvalue weighted by atomic mass is 16.5. The Morgan fingerprint density at radius 2 is 1.83 bits per heavy atom. The van der Waals surface area contributed by atoms with Gasteiger partial charge in [-0.1, -0.05) is 19.3 Å². The summed E-state index contributed by atoms with van der Waals surface area (Å²) in [7, 11) is 1.72. The van der Waals surface area contributed by atoms with Gasteiger partial charge in [-0.2, -0.15) is 0 Å². The lowest BCUT2D eigenvalue weighted by Crippen LogP contribution is -2.50. The molecule has 2 aliphatic carbocycles. The van der Waals surface area contributed by atoms with Crippen molar-refractivity contribution in [3.05, 3.63) is 0 Å². The number of rotatable bonds is 3. The molecule has 0 radical (unpaired) electrons. The summed E-state index contributed by atoms with van der Waals surface area (Å²) in [6, 6.07) is 0. The van der Waals surface area contributed by atoms with Gasteiger partial charge >= 0.3 is 0 Å². The Kier molecular flexibility index (Phi) is 3.13. The zero-order valence-corrected chi connectivity index (χ0v) is 11.5. The molecule has 3 rings (SSSR count). The van der Waals surface area contributed by atoms with Crippen LogP contribution in [0, 0.1) is 10.8 Å². The molecule has 0 aromatic heterocycles. The molecule has 1 heterocycles. The molecule has 102 valence electrons. The maximum absolute atomic E-state index is 12.7. The van der Waals surface area contributed by atoms with E-state index in [1.807, 2.05) is 0 Å². The predicted molar refractivity (Wildman–Crippen MR) is 70.3 cm³/mol. The van der Waals surface area contributed by atoms with Crippen LogP contribution >= 0.6 is 0 Å². The van der Waals surface area contributed by atoms with Crippen molar-refractivity contribution in [1.29, 1.82) is 0 Å². The summed E-state index contributed by atoms with van der Waals surface area (Å²) < 4.78 is 5.30. The smallest absolute Gasteiger partial charge is 0.231 e. The van der Waals surface area contributed by atoms with Gasteiger partial charge in [0.05, 0.1) is 12.0 Å². The molecule has 0 bridgehead atoms. The molecule has 0 unspecified atom stereocenters. The minimum atomic E-state index is -0.154. The Hall–Kier alpha value is -0.570. The van der Waals surface area contributed by atoms with Gasteiger partial charge in [0.1, 0.15) is 0 Å². The second kappa shape index (κ2) is 4.52.